The van der Waals surface area contributed by atoms with Gasteiger partial charge in [0, 0.05) is 6.20 Å². The van der Waals surface area contributed by atoms with E-state index >= 15 is 0 Å². The lowest BCUT2D eigenvalue weighted by molar-refractivity contribution is 0.866. The first-order valence-corrected chi connectivity index (χ1v) is 4.97. The summed E-state index contributed by atoms with van der Waals surface area (Å²) < 4.78 is 0. The molecular formula is C9H9BrN2. The number of nitrogens with zero attached hydrogens (tertiary/aromatic N) is 1. The maximum absolute atomic E-state index is 8.90. The van der Waals surface area contributed by atoms with Gasteiger partial charge in [-0.3, -0.25) is 0 Å². The number of alkyl halides is 1. The van der Waals surface area contributed by atoms with E-state index in [2.05, 4.69) is 27.3 Å². The zero-order chi connectivity index (χ0) is 8.55. The quantitative estimate of drug-likeness (QED) is 0.506. The van der Waals surface area contributed by atoms with E-state index in [4.69, 9.17) is 5.26 Å². The van der Waals surface area contributed by atoms with Crippen LogP contribution in [0.3, 0.4) is 0 Å². The van der Waals surface area contributed by atoms with E-state index in [1.165, 1.54) is 17.6 Å². The van der Waals surface area contributed by atoms with E-state index in [0.717, 1.165) is 18.4 Å². The molecule has 12 heavy (non-hydrogen) atoms. The van der Waals surface area contributed by atoms with Crippen LogP contribution in [-0.4, -0.2) is 4.95 Å². The van der Waals surface area contributed by atoms with Crippen molar-refractivity contribution in [2.45, 2.75) is 24.2 Å². The number of nitrogens with one attached hydrogen (secondary N) is 1. The number of halogens is 1. The first kappa shape index (κ1) is 7.88. The Morgan fingerprint density at radius 2 is 2.42 bits per heavy atom. The number of hydrogen-bond donors (Lipinski definition) is 1. The summed E-state index contributed by atoms with van der Waals surface area (Å²) >= 11 is 3.42. The van der Waals surface area contributed by atoms with E-state index in [1.54, 1.807) is 0 Å². The van der Waals surface area contributed by atoms with Crippen LogP contribution in [0, 0.1) is 11.3 Å². The van der Waals surface area contributed by atoms with E-state index in [-0.39, 0.29) is 4.95 Å². The van der Waals surface area contributed by atoms with Gasteiger partial charge in [0.1, 0.15) is 4.95 Å². The molecule has 0 amide bonds. The fourth-order valence-electron chi connectivity index (χ4n) is 1.77. The highest BCUT2D eigenvalue weighted by molar-refractivity contribution is 9.09. The van der Waals surface area contributed by atoms with E-state index < -0.39 is 0 Å². The molecule has 0 aromatic carbocycles. The maximum Gasteiger partial charge on any atom is 0.117 e. The second kappa shape index (κ2) is 2.95. The summed E-state index contributed by atoms with van der Waals surface area (Å²) in [6, 6.07) is 2.25. The molecule has 2 rings (SSSR count). The number of dihydropyridines is 1. The van der Waals surface area contributed by atoms with Crippen LogP contribution in [0.1, 0.15) is 19.3 Å². The molecule has 3 heteroatoms. The Morgan fingerprint density at radius 3 is 3.17 bits per heavy atom. The minimum atomic E-state index is 0.0272. The van der Waals surface area contributed by atoms with Crippen molar-refractivity contribution in [1.29, 1.82) is 5.26 Å². The first-order valence-electron chi connectivity index (χ1n) is 4.05. The summed E-state index contributed by atoms with van der Waals surface area (Å²) in [6.45, 7) is 0. The molecule has 1 saturated carbocycles. The fourth-order valence-corrected chi connectivity index (χ4v) is 2.28. The van der Waals surface area contributed by atoms with Crippen LogP contribution in [0.25, 0.3) is 0 Å². The van der Waals surface area contributed by atoms with Gasteiger partial charge in [0.2, 0.25) is 0 Å². The number of fused-ring (bicyclic) bond motifs is 1. The number of rotatable bonds is 0. The highest BCUT2D eigenvalue weighted by Gasteiger charge is 2.25. The Kier molecular flexibility index (Phi) is 1.93. The summed E-state index contributed by atoms with van der Waals surface area (Å²) in [4.78, 5) is 0.0272. The molecule has 2 nitrogen and oxygen atoms in total. The van der Waals surface area contributed by atoms with Crippen LogP contribution in [0.2, 0.25) is 0 Å². The lowest BCUT2D eigenvalue weighted by atomic mass is 10.0. The van der Waals surface area contributed by atoms with Crippen LogP contribution >= 0.6 is 15.9 Å². The minimum Gasteiger partial charge on any atom is -0.374 e. The van der Waals surface area contributed by atoms with E-state index in [1.807, 2.05) is 6.20 Å². The molecule has 1 fully saturated rings. The smallest absolute Gasteiger partial charge is 0.117 e. The standard InChI is InChI=1S/C9H9BrN2/c10-9-8(4-11)7-3-1-2-6(7)5-12-9/h5,9,12H,1-3H2. The predicted molar refractivity (Wildman–Crippen MR) is 50.4 cm³/mol. The molecule has 1 aliphatic carbocycles. The van der Waals surface area contributed by atoms with Crippen molar-refractivity contribution in [3.05, 3.63) is 22.9 Å². The summed E-state index contributed by atoms with van der Waals surface area (Å²) in [6.07, 6.45) is 5.40. The van der Waals surface area contributed by atoms with Gasteiger partial charge in [-0.2, -0.15) is 5.26 Å². The number of allylic oxidation sites excluding steroid dienone is 2. The second-order valence-electron chi connectivity index (χ2n) is 3.06. The third-order valence-electron chi connectivity index (χ3n) is 2.36. The van der Waals surface area contributed by atoms with Crippen molar-refractivity contribution in [3.63, 3.8) is 0 Å². The van der Waals surface area contributed by atoms with Crippen LogP contribution in [0.4, 0.5) is 0 Å². The summed E-state index contributed by atoms with van der Waals surface area (Å²) in [5.41, 5.74) is 3.45. The molecule has 1 N–H and O–H groups in total. The molecule has 62 valence electrons. The minimum absolute atomic E-state index is 0.0272. The van der Waals surface area contributed by atoms with Crippen LogP contribution in [-0.2, 0) is 0 Å². The number of nitriles is 1. The molecule has 1 unspecified atom stereocenters. The molecule has 0 spiro atoms. The van der Waals surface area contributed by atoms with Crippen LogP contribution in [0.15, 0.2) is 22.9 Å². The van der Waals surface area contributed by atoms with Crippen molar-refractivity contribution in [2.75, 3.05) is 0 Å². The molecule has 0 bridgehead atoms. The third-order valence-corrected chi connectivity index (χ3v) is 3.09. The van der Waals surface area contributed by atoms with Gasteiger partial charge in [-0.15, -0.1) is 0 Å². The van der Waals surface area contributed by atoms with E-state index in [9.17, 15) is 0 Å². The normalized spacial score (nSPS) is 27.3. The largest absolute Gasteiger partial charge is 0.374 e. The Labute approximate surface area is 80.1 Å². The van der Waals surface area contributed by atoms with Crippen molar-refractivity contribution in [1.82, 2.24) is 5.32 Å². The summed E-state index contributed by atoms with van der Waals surface area (Å²) in [5.74, 6) is 0. The average Bonchev–Trinajstić information content (AvgIpc) is 2.52. The van der Waals surface area contributed by atoms with Gasteiger partial charge < -0.3 is 5.32 Å². The first-order chi connectivity index (χ1) is 5.83. The molecule has 1 aliphatic heterocycles. The fraction of sp³-hybridized carbons (Fsp3) is 0.444. The van der Waals surface area contributed by atoms with Gasteiger partial charge in [0.25, 0.3) is 0 Å². The van der Waals surface area contributed by atoms with Gasteiger partial charge in [0.15, 0.2) is 0 Å². The van der Waals surface area contributed by atoms with E-state index in [0.29, 0.717) is 0 Å². The topological polar surface area (TPSA) is 35.8 Å². The predicted octanol–water partition coefficient (Wildman–Crippen LogP) is 2.20. The highest BCUT2D eigenvalue weighted by atomic mass is 79.9. The van der Waals surface area contributed by atoms with Crippen molar-refractivity contribution in [3.8, 4) is 6.07 Å². The van der Waals surface area contributed by atoms with Gasteiger partial charge in [-0.05, 0) is 30.4 Å². The maximum atomic E-state index is 8.90. The monoisotopic (exact) mass is 224 g/mol. The Morgan fingerprint density at radius 1 is 1.58 bits per heavy atom. The second-order valence-corrected chi connectivity index (χ2v) is 3.97. The average molecular weight is 225 g/mol. The molecule has 2 aliphatic rings. The molecular weight excluding hydrogens is 216 g/mol. The van der Waals surface area contributed by atoms with Crippen LogP contribution < -0.4 is 5.32 Å². The molecule has 0 aromatic heterocycles. The SMILES string of the molecule is N#CC1=C2CCCC2=CNC1Br. The molecule has 1 heterocycles. The Bertz CT molecular complexity index is 309. The lowest BCUT2D eigenvalue weighted by Gasteiger charge is -2.18. The van der Waals surface area contributed by atoms with Crippen LogP contribution in [0.5, 0.6) is 0 Å². The number of hydrogen-bond acceptors (Lipinski definition) is 2. The third kappa shape index (κ3) is 1.07. The zero-order valence-corrected chi connectivity index (χ0v) is 8.19. The van der Waals surface area contributed by atoms with Gasteiger partial charge in [0.05, 0.1) is 11.6 Å². The highest BCUT2D eigenvalue weighted by Crippen LogP contribution is 2.36. The molecule has 0 radical (unpaired) electrons. The Balaban J connectivity index is 2.45. The Hall–Kier alpha value is -0.750. The summed E-state index contributed by atoms with van der Waals surface area (Å²) in [5, 5.41) is 12.0. The zero-order valence-electron chi connectivity index (χ0n) is 6.60. The lowest BCUT2D eigenvalue weighted by Crippen LogP contribution is -2.24. The van der Waals surface area contributed by atoms with Crippen molar-refractivity contribution in [2.24, 2.45) is 0 Å². The molecule has 0 aromatic rings. The summed E-state index contributed by atoms with van der Waals surface area (Å²) in [7, 11) is 0. The van der Waals surface area contributed by atoms with Crippen molar-refractivity contribution >= 4 is 15.9 Å². The van der Waals surface area contributed by atoms with Gasteiger partial charge in [-0.25, -0.2) is 0 Å². The van der Waals surface area contributed by atoms with Gasteiger partial charge in [-0.1, -0.05) is 15.9 Å². The molecule has 0 saturated heterocycles. The van der Waals surface area contributed by atoms with Gasteiger partial charge >= 0.3 is 0 Å². The van der Waals surface area contributed by atoms with Crippen molar-refractivity contribution < 1.29 is 0 Å². The molecule has 1 atom stereocenters.